The van der Waals surface area contributed by atoms with Gasteiger partial charge in [0.05, 0.1) is 4.90 Å². The molecule has 5 nitrogen and oxygen atoms in total. The summed E-state index contributed by atoms with van der Waals surface area (Å²) in [5.41, 5.74) is 1.51. The van der Waals surface area contributed by atoms with Crippen molar-refractivity contribution in [2.45, 2.75) is 4.90 Å². The first-order chi connectivity index (χ1) is 12.1. The third-order valence-corrected chi connectivity index (χ3v) is 5.78. The standard InChI is InChI=1S/C18H15NO4S2/c20-17(11-10-14-6-2-1-3-7-14)23-12-13-24-18-15-8-4-5-9-16(15)25(21,22)19-18/h1-11H,12-13H2/b11-10+. The van der Waals surface area contributed by atoms with Gasteiger partial charge in [-0.15, -0.1) is 11.8 Å². The molecule has 0 saturated heterocycles. The van der Waals surface area contributed by atoms with Crippen LogP contribution in [0.4, 0.5) is 0 Å². The predicted octanol–water partition coefficient (Wildman–Crippen LogP) is 3.13. The Morgan fingerprint density at radius 2 is 1.80 bits per heavy atom. The molecule has 0 radical (unpaired) electrons. The van der Waals surface area contributed by atoms with E-state index in [2.05, 4.69) is 4.40 Å². The van der Waals surface area contributed by atoms with Gasteiger partial charge in [0.15, 0.2) is 0 Å². The number of rotatable bonds is 5. The quantitative estimate of drug-likeness (QED) is 0.457. The van der Waals surface area contributed by atoms with E-state index in [9.17, 15) is 13.2 Å². The van der Waals surface area contributed by atoms with Gasteiger partial charge in [-0.3, -0.25) is 0 Å². The van der Waals surface area contributed by atoms with Crippen molar-refractivity contribution < 1.29 is 17.9 Å². The Labute approximate surface area is 150 Å². The Balaban J connectivity index is 1.49. The topological polar surface area (TPSA) is 72.8 Å². The van der Waals surface area contributed by atoms with Gasteiger partial charge < -0.3 is 4.74 Å². The highest BCUT2D eigenvalue weighted by Gasteiger charge is 2.28. The monoisotopic (exact) mass is 373 g/mol. The van der Waals surface area contributed by atoms with Gasteiger partial charge in [0.25, 0.3) is 10.0 Å². The van der Waals surface area contributed by atoms with Gasteiger partial charge >= 0.3 is 5.97 Å². The number of thioether (sulfide) groups is 1. The Morgan fingerprint density at radius 3 is 2.60 bits per heavy atom. The molecule has 1 aliphatic rings. The number of hydrogen-bond acceptors (Lipinski definition) is 5. The average molecular weight is 373 g/mol. The summed E-state index contributed by atoms with van der Waals surface area (Å²) in [6, 6.07) is 16.1. The molecule has 2 aromatic rings. The number of sulfonamides is 1. The molecule has 0 saturated carbocycles. The fourth-order valence-electron chi connectivity index (χ4n) is 2.24. The van der Waals surface area contributed by atoms with Crippen LogP contribution in [0.5, 0.6) is 0 Å². The Hall–Kier alpha value is -2.38. The van der Waals surface area contributed by atoms with Crippen molar-refractivity contribution in [1.29, 1.82) is 0 Å². The molecule has 0 atom stereocenters. The molecule has 0 spiro atoms. The molecule has 0 bridgehead atoms. The minimum Gasteiger partial charge on any atom is -0.462 e. The number of esters is 1. The highest BCUT2D eigenvalue weighted by Crippen LogP contribution is 2.30. The van der Waals surface area contributed by atoms with E-state index in [1.807, 2.05) is 30.3 Å². The molecule has 2 aromatic carbocycles. The van der Waals surface area contributed by atoms with Crippen LogP contribution in [0.25, 0.3) is 6.08 Å². The van der Waals surface area contributed by atoms with Gasteiger partial charge in [-0.05, 0) is 17.7 Å². The second kappa shape index (κ2) is 7.67. The second-order valence-electron chi connectivity index (χ2n) is 5.13. The zero-order valence-electron chi connectivity index (χ0n) is 13.2. The summed E-state index contributed by atoms with van der Waals surface area (Å²) in [5, 5.41) is 0.437. The number of carbonyl (C=O) groups excluding carboxylic acids is 1. The van der Waals surface area contributed by atoms with Gasteiger partial charge in [-0.1, -0.05) is 48.5 Å². The Morgan fingerprint density at radius 1 is 1.08 bits per heavy atom. The lowest BCUT2D eigenvalue weighted by atomic mass is 10.2. The average Bonchev–Trinajstić information content (AvgIpc) is 2.89. The maximum Gasteiger partial charge on any atom is 0.330 e. The molecule has 0 aliphatic carbocycles. The predicted molar refractivity (Wildman–Crippen MR) is 99.1 cm³/mol. The van der Waals surface area contributed by atoms with E-state index in [0.717, 1.165) is 5.56 Å². The van der Waals surface area contributed by atoms with Crippen molar-refractivity contribution >= 4 is 38.9 Å². The van der Waals surface area contributed by atoms with Crippen molar-refractivity contribution in [3.05, 3.63) is 71.8 Å². The van der Waals surface area contributed by atoms with Crippen molar-refractivity contribution in [1.82, 2.24) is 0 Å². The smallest absolute Gasteiger partial charge is 0.330 e. The summed E-state index contributed by atoms with van der Waals surface area (Å²) in [5.74, 6) is -0.0148. The van der Waals surface area contributed by atoms with Crippen molar-refractivity contribution in [3.8, 4) is 0 Å². The molecule has 3 rings (SSSR count). The van der Waals surface area contributed by atoms with Crippen LogP contribution in [0.3, 0.4) is 0 Å². The van der Waals surface area contributed by atoms with E-state index >= 15 is 0 Å². The van der Waals surface area contributed by atoms with Crippen LogP contribution in [-0.2, 0) is 19.6 Å². The molecule has 0 amide bonds. The lowest BCUT2D eigenvalue weighted by Crippen LogP contribution is -2.05. The van der Waals surface area contributed by atoms with E-state index in [0.29, 0.717) is 16.4 Å². The summed E-state index contributed by atoms with van der Waals surface area (Å²) in [7, 11) is -3.60. The first kappa shape index (κ1) is 17.4. The molecular weight excluding hydrogens is 358 g/mol. The van der Waals surface area contributed by atoms with E-state index < -0.39 is 16.0 Å². The summed E-state index contributed by atoms with van der Waals surface area (Å²) in [4.78, 5) is 11.9. The Bertz CT molecular complexity index is 935. The maximum atomic E-state index is 11.9. The molecule has 1 heterocycles. The highest BCUT2D eigenvalue weighted by molar-refractivity contribution is 8.15. The maximum absolute atomic E-state index is 11.9. The number of nitrogens with zero attached hydrogens (tertiary/aromatic N) is 1. The van der Waals surface area contributed by atoms with Crippen LogP contribution >= 0.6 is 11.8 Å². The van der Waals surface area contributed by atoms with E-state index in [4.69, 9.17) is 4.74 Å². The summed E-state index contributed by atoms with van der Waals surface area (Å²) in [6.07, 6.45) is 3.05. The number of fused-ring (bicyclic) bond motifs is 1. The minimum atomic E-state index is -3.60. The number of ether oxygens (including phenoxy) is 1. The zero-order valence-corrected chi connectivity index (χ0v) is 14.8. The van der Waals surface area contributed by atoms with Gasteiger partial charge in [0.2, 0.25) is 0 Å². The van der Waals surface area contributed by atoms with Crippen LogP contribution in [0.15, 0.2) is 70.0 Å². The first-order valence-electron chi connectivity index (χ1n) is 7.53. The molecule has 128 valence electrons. The summed E-state index contributed by atoms with van der Waals surface area (Å²) < 4.78 is 32.7. The zero-order chi connectivity index (χ0) is 17.7. The highest BCUT2D eigenvalue weighted by atomic mass is 32.2. The van der Waals surface area contributed by atoms with E-state index in [1.165, 1.54) is 23.9 Å². The SMILES string of the molecule is O=C(/C=C/c1ccccc1)OCCSC1=NS(=O)(=O)c2ccccc21. The molecule has 0 fully saturated rings. The van der Waals surface area contributed by atoms with Gasteiger partial charge in [0.1, 0.15) is 11.7 Å². The largest absolute Gasteiger partial charge is 0.462 e. The van der Waals surface area contributed by atoms with Crippen LogP contribution in [-0.4, -0.2) is 31.8 Å². The van der Waals surface area contributed by atoms with Crippen LogP contribution in [0, 0.1) is 0 Å². The Kier molecular flexibility index (Phi) is 5.35. The molecule has 7 heteroatoms. The summed E-state index contributed by atoms with van der Waals surface area (Å²) in [6.45, 7) is 0.171. The normalized spacial score (nSPS) is 15.0. The fraction of sp³-hybridized carbons (Fsp3) is 0.111. The summed E-state index contributed by atoms with van der Waals surface area (Å²) >= 11 is 1.25. The molecule has 1 aliphatic heterocycles. The molecule has 0 unspecified atom stereocenters. The van der Waals surface area contributed by atoms with Crippen LogP contribution in [0.1, 0.15) is 11.1 Å². The number of hydrogen-bond donors (Lipinski definition) is 0. The van der Waals surface area contributed by atoms with E-state index in [1.54, 1.807) is 24.3 Å². The van der Waals surface area contributed by atoms with Gasteiger partial charge in [-0.2, -0.15) is 12.8 Å². The number of carbonyl (C=O) groups is 1. The molecule has 25 heavy (non-hydrogen) atoms. The van der Waals surface area contributed by atoms with Crippen molar-refractivity contribution in [2.75, 3.05) is 12.4 Å². The third-order valence-electron chi connectivity index (χ3n) is 3.38. The fourth-order valence-corrected chi connectivity index (χ4v) is 4.61. The number of benzene rings is 2. The molecule has 0 aromatic heterocycles. The van der Waals surface area contributed by atoms with E-state index in [-0.39, 0.29) is 11.5 Å². The van der Waals surface area contributed by atoms with Crippen LogP contribution in [0.2, 0.25) is 0 Å². The van der Waals surface area contributed by atoms with Crippen molar-refractivity contribution in [2.24, 2.45) is 4.40 Å². The van der Waals surface area contributed by atoms with Crippen molar-refractivity contribution in [3.63, 3.8) is 0 Å². The van der Waals surface area contributed by atoms with Gasteiger partial charge in [0, 0.05) is 17.4 Å². The second-order valence-corrected chi connectivity index (χ2v) is 7.78. The lowest BCUT2D eigenvalue weighted by molar-refractivity contribution is -0.137. The lowest BCUT2D eigenvalue weighted by Gasteiger charge is -2.03. The molecular formula is C18H15NO4S2. The first-order valence-corrected chi connectivity index (χ1v) is 9.96. The molecule has 0 N–H and O–H groups in total. The minimum absolute atomic E-state index is 0.171. The third kappa shape index (κ3) is 4.37. The van der Waals surface area contributed by atoms with Crippen LogP contribution < -0.4 is 0 Å². The van der Waals surface area contributed by atoms with Gasteiger partial charge in [-0.25, -0.2) is 4.79 Å².